The Hall–Kier alpha value is -3.26. The molecule has 3 aromatic heterocycles. The summed E-state index contributed by atoms with van der Waals surface area (Å²) in [6, 6.07) is 14.0. The quantitative estimate of drug-likeness (QED) is 0.567. The largest absolute Gasteiger partial charge is 0.375 e. The fourth-order valence-corrected chi connectivity index (χ4v) is 4.84. The minimum absolute atomic E-state index is 0.0231. The summed E-state index contributed by atoms with van der Waals surface area (Å²) in [5.41, 5.74) is 9.25. The van der Waals surface area contributed by atoms with Crippen LogP contribution < -0.4 is 5.73 Å². The fourth-order valence-electron chi connectivity index (χ4n) is 4.18. The summed E-state index contributed by atoms with van der Waals surface area (Å²) in [5.74, 6) is 0.0231. The zero-order valence-electron chi connectivity index (χ0n) is 15.7. The van der Waals surface area contributed by atoms with Gasteiger partial charge in [0.2, 0.25) is 0 Å². The SMILES string of the molecule is Nc1nc(C2(c3ccccc3)CCN(C(=O)c3ccn4ncnc4c3)CC2)cs1. The number of fused-ring (bicyclic) bond motifs is 1. The molecule has 0 saturated carbocycles. The third-order valence-corrected chi connectivity index (χ3v) is 6.44. The average molecular weight is 404 g/mol. The molecule has 0 bridgehead atoms. The Kier molecular flexibility index (Phi) is 4.28. The maximum absolute atomic E-state index is 13.1. The van der Waals surface area contributed by atoms with Gasteiger partial charge >= 0.3 is 0 Å². The van der Waals surface area contributed by atoms with Gasteiger partial charge in [0, 0.05) is 35.6 Å². The number of pyridine rings is 1. The molecule has 0 aliphatic carbocycles. The first kappa shape index (κ1) is 17.8. The van der Waals surface area contributed by atoms with Gasteiger partial charge in [-0.05, 0) is 30.5 Å². The number of anilines is 1. The molecule has 1 aliphatic heterocycles. The number of thiazole rings is 1. The molecule has 29 heavy (non-hydrogen) atoms. The molecule has 1 aliphatic rings. The van der Waals surface area contributed by atoms with Crippen molar-refractivity contribution < 1.29 is 4.79 Å². The number of hydrogen-bond donors (Lipinski definition) is 1. The van der Waals surface area contributed by atoms with Crippen LogP contribution in [0.15, 0.2) is 60.4 Å². The molecule has 1 amide bonds. The predicted octanol–water partition coefficient (Wildman–Crippen LogP) is 2.99. The van der Waals surface area contributed by atoms with Crippen molar-refractivity contribution in [1.29, 1.82) is 0 Å². The normalized spacial score (nSPS) is 16.2. The number of nitrogens with zero attached hydrogens (tertiary/aromatic N) is 5. The van der Waals surface area contributed by atoms with Crippen molar-refractivity contribution in [3.63, 3.8) is 0 Å². The molecule has 0 atom stereocenters. The maximum Gasteiger partial charge on any atom is 0.254 e. The molecule has 5 rings (SSSR count). The van der Waals surface area contributed by atoms with E-state index in [9.17, 15) is 4.79 Å². The molecule has 146 valence electrons. The van der Waals surface area contributed by atoms with Crippen LogP contribution in [-0.2, 0) is 5.41 Å². The summed E-state index contributed by atoms with van der Waals surface area (Å²) in [5, 5.41) is 6.72. The lowest BCUT2D eigenvalue weighted by molar-refractivity contribution is 0.0684. The molecule has 4 heterocycles. The van der Waals surface area contributed by atoms with Gasteiger partial charge in [0.05, 0.1) is 5.69 Å². The number of hydrogen-bond acceptors (Lipinski definition) is 6. The van der Waals surface area contributed by atoms with Gasteiger partial charge < -0.3 is 10.6 Å². The predicted molar refractivity (Wildman–Crippen MR) is 112 cm³/mol. The average Bonchev–Trinajstić information content (AvgIpc) is 3.42. The highest BCUT2D eigenvalue weighted by Crippen LogP contribution is 2.42. The Labute approximate surface area is 171 Å². The molecule has 1 fully saturated rings. The van der Waals surface area contributed by atoms with E-state index < -0.39 is 0 Å². The third-order valence-electron chi connectivity index (χ3n) is 5.77. The van der Waals surface area contributed by atoms with Crippen LogP contribution in [0.3, 0.4) is 0 Å². The highest BCUT2D eigenvalue weighted by atomic mass is 32.1. The monoisotopic (exact) mass is 404 g/mol. The van der Waals surface area contributed by atoms with E-state index in [1.165, 1.54) is 23.2 Å². The minimum Gasteiger partial charge on any atom is -0.375 e. The van der Waals surface area contributed by atoms with E-state index in [0.29, 0.717) is 29.4 Å². The van der Waals surface area contributed by atoms with E-state index in [0.717, 1.165) is 18.5 Å². The molecule has 0 spiro atoms. The molecular weight excluding hydrogens is 384 g/mol. The standard InChI is InChI=1S/C21H20N6OS/c22-20-25-17(13-29-20)21(16-4-2-1-3-5-16)7-10-26(11-8-21)19(28)15-6-9-27-18(12-15)23-14-24-27/h1-6,9,12-14H,7-8,10-11H2,(H2,22,25). The third kappa shape index (κ3) is 3.05. The Morgan fingerprint density at radius 3 is 2.66 bits per heavy atom. The van der Waals surface area contributed by atoms with Gasteiger partial charge in [0.1, 0.15) is 6.33 Å². The molecule has 2 N–H and O–H groups in total. The molecule has 4 aromatic rings. The summed E-state index contributed by atoms with van der Waals surface area (Å²) in [7, 11) is 0. The Morgan fingerprint density at radius 2 is 1.93 bits per heavy atom. The Bertz CT molecular complexity index is 1160. The number of amides is 1. The Balaban J connectivity index is 1.42. The number of rotatable bonds is 3. The summed E-state index contributed by atoms with van der Waals surface area (Å²) < 4.78 is 1.65. The maximum atomic E-state index is 13.1. The van der Waals surface area contributed by atoms with Gasteiger partial charge in [-0.1, -0.05) is 30.3 Å². The number of aromatic nitrogens is 4. The van der Waals surface area contributed by atoms with E-state index in [1.54, 1.807) is 22.8 Å². The van der Waals surface area contributed by atoms with Crippen molar-refractivity contribution in [3.05, 3.63) is 77.2 Å². The lowest BCUT2D eigenvalue weighted by Crippen LogP contribution is -2.46. The van der Waals surface area contributed by atoms with E-state index >= 15 is 0 Å². The van der Waals surface area contributed by atoms with Crippen molar-refractivity contribution in [1.82, 2.24) is 24.5 Å². The summed E-state index contributed by atoms with van der Waals surface area (Å²) in [4.78, 5) is 23.8. The molecular formula is C21H20N6OS. The van der Waals surface area contributed by atoms with E-state index in [-0.39, 0.29) is 11.3 Å². The van der Waals surface area contributed by atoms with E-state index in [1.807, 2.05) is 11.0 Å². The van der Waals surface area contributed by atoms with Crippen LogP contribution in [0.25, 0.3) is 5.65 Å². The first-order valence-corrected chi connectivity index (χ1v) is 10.4. The highest BCUT2D eigenvalue weighted by Gasteiger charge is 2.40. The molecule has 1 aromatic carbocycles. The first-order valence-electron chi connectivity index (χ1n) is 9.51. The van der Waals surface area contributed by atoms with E-state index in [4.69, 9.17) is 5.73 Å². The molecule has 0 unspecified atom stereocenters. The zero-order valence-corrected chi connectivity index (χ0v) is 16.5. The van der Waals surface area contributed by atoms with Crippen molar-refractivity contribution in [3.8, 4) is 0 Å². The van der Waals surface area contributed by atoms with Crippen LogP contribution in [0.4, 0.5) is 5.13 Å². The van der Waals surface area contributed by atoms with Crippen LogP contribution in [0.2, 0.25) is 0 Å². The van der Waals surface area contributed by atoms with Crippen LogP contribution >= 0.6 is 11.3 Å². The Morgan fingerprint density at radius 1 is 1.14 bits per heavy atom. The number of nitrogen functional groups attached to an aromatic ring is 1. The van der Waals surface area contributed by atoms with Gasteiger partial charge in [0.15, 0.2) is 10.8 Å². The first-order chi connectivity index (χ1) is 14.2. The summed E-state index contributed by atoms with van der Waals surface area (Å²) in [6.07, 6.45) is 4.86. The van der Waals surface area contributed by atoms with Crippen LogP contribution in [0, 0.1) is 0 Å². The van der Waals surface area contributed by atoms with Crippen LogP contribution in [0.5, 0.6) is 0 Å². The fraction of sp³-hybridized carbons (Fsp3) is 0.238. The second-order valence-corrected chi connectivity index (χ2v) is 8.18. The molecule has 0 radical (unpaired) electrons. The van der Waals surface area contributed by atoms with Gasteiger partial charge in [-0.15, -0.1) is 11.3 Å². The van der Waals surface area contributed by atoms with Crippen LogP contribution in [0.1, 0.15) is 34.5 Å². The smallest absolute Gasteiger partial charge is 0.254 e. The van der Waals surface area contributed by atoms with Gasteiger partial charge in [0.25, 0.3) is 5.91 Å². The number of piperidine rings is 1. The lowest BCUT2D eigenvalue weighted by atomic mass is 9.70. The van der Waals surface area contributed by atoms with Gasteiger partial charge in [-0.25, -0.2) is 14.5 Å². The van der Waals surface area contributed by atoms with Crippen molar-refractivity contribution in [2.45, 2.75) is 18.3 Å². The number of likely N-dealkylation sites (tertiary alicyclic amines) is 1. The topological polar surface area (TPSA) is 89.4 Å². The van der Waals surface area contributed by atoms with Gasteiger partial charge in [-0.3, -0.25) is 4.79 Å². The molecule has 8 heteroatoms. The second kappa shape index (κ2) is 6.97. The lowest BCUT2D eigenvalue weighted by Gasteiger charge is -2.41. The number of benzene rings is 1. The minimum atomic E-state index is -0.219. The number of carbonyl (C=O) groups is 1. The second-order valence-electron chi connectivity index (χ2n) is 7.29. The summed E-state index contributed by atoms with van der Waals surface area (Å²) in [6.45, 7) is 1.31. The highest BCUT2D eigenvalue weighted by molar-refractivity contribution is 7.13. The number of nitrogens with two attached hydrogens (primary N) is 1. The van der Waals surface area contributed by atoms with E-state index in [2.05, 4.69) is 44.7 Å². The van der Waals surface area contributed by atoms with Crippen LogP contribution in [-0.4, -0.2) is 43.5 Å². The van der Waals surface area contributed by atoms with Crippen molar-refractivity contribution in [2.24, 2.45) is 0 Å². The summed E-state index contributed by atoms with van der Waals surface area (Å²) >= 11 is 1.47. The molecule has 1 saturated heterocycles. The molecule has 7 nitrogen and oxygen atoms in total. The zero-order chi connectivity index (χ0) is 19.8. The number of carbonyl (C=O) groups excluding carboxylic acids is 1. The van der Waals surface area contributed by atoms with Crippen molar-refractivity contribution in [2.75, 3.05) is 18.8 Å². The van der Waals surface area contributed by atoms with Gasteiger partial charge in [-0.2, -0.15) is 5.10 Å². The van der Waals surface area contributed by atoms with Crippen molar-refractivity contribution >= 4 is 28.0 Å².